The largest absolute Gasteiger partial charge is 0.543 e. The van der Waals surface area contributed by atoms with Crippen molar-refractivity contribution in [2.75, 3.05) is 0 Å². The fourth-order valence-electron chi connectivity index (χ4n) is 1.37. The van der Waals surface area contributed by atoms with E-state index in [2.05, 4.69) is 10.3 Å². The van der Waals surface area contributed by atoms with E-state index in [4.69, 9.17) is 11.6 Å². The monoisotopic (exact) mass is 236 g/mol. The lowest BCUT2D eigenvalue weighted by Gasteiger charge is -2.05. The van der Waals surface area contributed by atoms with Crippen LogP contribution < -0.4 is 5.11 Å². The smallest absolute Gasteiger partial charge is 0.131 e. The molecule has 16 heavy (non-hydrogen) atoms. The van der Waals surface area contributed by atoms with Crippen molar-refractivity contribution in [3.63, 3.8) is 0 Å². The first-order valence-corrected chi connectivity index (χ1v) is 4.87. The lowest BCUT2D eigenvalue weighted by molar-refractivity contribution is -0.255. The second-order valence-electron chi connectivity index (χ2n) is 3.17. The first-order chi connectivity index (χ1) is 7.61. The number of nitrogens with zero attached hydrogens (tertiary/aromatic N) is 3. The topological polar surface area (TPSA) is 70.8 Å². The molecule has 0 atom stereocenters. The molecule has 1 aromatic heterocycles. The van der Waals surface area contributed by atoms with Gasteiger partial charge >= 0.3 is 0 Å². The van der Waals surface area contributed by atoms with Gasteiger partial charge in [0.15, 0.2) is 0 Å². The van der Waals surface area contributed by atoms with Gasteiger partial charge in [-0.2, -0.15) is 0 Å². The van der Waals surface area contributed by atoms with Gasteiger partial charge in [-0.1, -0.05) is 28.9 Å². The summed E-state index contributed by atoms with van der Waals surface area (Å²) in [6, 6.07) is 6.97. The van der Waals surface area contributed by atoms with Crippen molar-refractivity contribution in [2.45, 2.75) is 6.92 Å². The third-order valence-corrected chi connectivity index (χ3v) is 2.49. The standard InChI is InChI=1S/C10H8ClN3O2/c1-6-9(10(15)16)12-13-14(6)8-5-3-2-4-7(8)11/h2-5H,1H3,(H,15,16)/p-1. The third kappa shape index (κ3) is 1.65. The number of halogens is 1. The summed E-state index contributed by atoms with van der Waals surface area (Å²) in [5, 5.41) is 18.4. The molecule has 1 heterocycles. The van der Waals surface area contributed by atoms with Crippen molar-refractivity contribution in [3.05, 3.63) is 40.7 Å². The minimum Gasteiger partial charge on any atom is -0.543 e. The van der Waals surface area contributed by atoms with Gasteiger partial charge in [-0.25, -0.2) is 4.68 Å². The highest BCUT2D eigenvalue weighted by Gasteiger charge is 2.12. The van der Waals surface area contributed by atoms with Crippen LogP contribution in [0.15, 0.2) is 24.3 Å². The van der Waals surface area contributed by atoms with E-state index in [1.807, 2.05) is 0 Å². The van der Waals surface area contributed by atoms with Crippen LogP contribution in [0.25, 0.3) is 5.69 Å². The highest BCUT2D eigenvalue weighted by molar-refractivity contribution is 6.32. The van der Waals surface area contributed by atoms with E-state index in [9.17, 15) is 9.90 Å². The van der Waals surface area contributed by atoms with E-state index < -0.39 is 5.97 Å². The lowest BCUT2D eigenvalue weighted by atomic mass is 10.3. The highest BCUT2D eigenvalue weighted by Crippen LogP contribution is 2.20. The number of carboxylic acids is 1. The van der Waals surface area contributed by atoms with Crippen LogP contribution in [0.2, 0.25) is 5.02 Å². The summed E-state index contributed by atoms with van der Waals surface area (Å²) in [4.78, 5) is 10.7. The molecule has 0 saturated heterocycles. The minimum atomic E-state index is -1.35. The van der Waals surface area contributed by atoms with E-state index in [0.717, 1.165) is 0 Å². The molecule has 0 bridgehead atoms. The Balaban J connectivity index is 2.58. The summed E-state index contributed by atoms with van der Waals surface area (Å²) in [7, 11) is 0. The Kier molecular flexibility index (Phi) is 2.62. The Morgan fingerprint density at radius 2 is 2.12 bits per heavy atom. The number of hydrogen-bond acceptors (Lipinski definition) is 4. The molecule has 82 valence electrons. The van der Waals surface area contributed by atoms with Crippen LogP contribution in [0, 0.1) is 6.92 Å². The summed E-state index contributed by atoms with van der Waals surface area (Å²) in [6.45, 7) is 1.59. The molecule has 0 amide bonds. The Labute approximate surface area is 96.3 Å². The highest BCUT2D eigenvalue weighted by atomic mass is 35.5. The minimum absolute atomic E-state index is 0.181. The molecule has 2 rings (SSSR count). The van der Waals surface area contributed by atoms with Gasteiger partial charge in [-0.15, -0.1) is 5.10 Å². The van der Waals surface area contributed by atoms with E-state index in [1.165, 1.54) is 4.68 Å². The molecule has 0 fully saturated rings. The maximum absolute atomic E-state index is 10.7. The second-order valence-corrected chi connectivity index (χ2v) is 3.58. The molecular formula is C10H7ClN3O2-. The van der Waals surface area contributed by atoms with Gasteiger partial charge < -0.3 is 9.90 Å². The zero-order valence-corrected chi connectivity index (χ0v) is 9.10. The van der Waals surface area contributed by atoms with Crippen molar-refractivity contribution < 1.29 is 9.90 Å². The molecule has 0 saturated carbocycles. The molecule has 0 spiro atoms. The van der Waals surface area contributed by atoms with E-state index in [-0.39, 0.29) is 5.69 Å². The van der Waals surface area contributed by atoms with Gasteiger partial charge in [-0.05, 0) is 19.1 Å². The van der Waals surface area contributed by atoms with Crippen LogP contribution in [0.3, 0.4) is 0 Å². The normalized spacial score (nSPS) is 10.4. The van der Waals surface area contributed by atoms with Crippen molar-refractivity contribution in [3.8, 4) is 5.69 Å². The van der Waals surface area contributed by atoms with Crippen LogP contribution in [-0.4, -0.2) is 21.0 Å². The fourth-order valence-corrected chi connectivity index (χ4v) is 1.59. The maximum atomic E-state index is 10.7. The first-order valence-electron chi connectivity index (χ1n) is 4.50. The molecule has 2 aromatic rings. The predicted octanol–water partition coefficient (Wildman–Crippen LogP) is 0.593. The van der Waals surface area contributed by atoms with Crippen LogP contribution >= 0.6 is 11.6 Å². The summed E-state index contributed by atoms with van der Waals surface area (Å²) in [5.41, 5.74) is 0.787. The average molecular weight is 237 g/mol. The molecular weight excluding hydrogens is 230 g/mol. The third-order valence-electron chi connectivity index (χ3n) is 2.17. The number of rotatable bonds is 2. The summed E-state index contributed by atoms with van der Waals surface area (Å²) in [6.07, 6.45) is 0. The zero-order valence-electron chi connectivity index (χ0n) is 8.35. The van der Waals surface area contributed by atoms with E-state index >= 15 is 0 Å². The molecule has 5 nitrogen and oxygen atoms in total. The Bertz CT molecular complexity index is 551. The number of benzene rings is 1. The SMILES string of the molecule is Cc1c(C(=O)[O-])nnn1-c1ccccc1Cl. The average Bonchev–Trinajstić information content (AvgIpc) is 2.61. The van der Waals surface area contributed by atoms with Gasteiger partial charge in [-0.3, -0.25) is 0 Å². The van der Waals surface area contributed by atoms with Gasteiger partial charge in [0.1, 0.15) is 5.69 Å². The molecule has 6 heteroatoms. The van der Waals surface area contributed by atoms with Crippen LogP contribution in [0.1, 0.15) is 16.2 Å². The van der Waals surface area contributed by atoms with Crippen molar-refractivity contribution in [2.24, 2.45) is 0 Å². The quantitative estimate of drug-likeness (QED) is 0.765. The predicted molar refractivity (Wildman–Crippen MR) is 55.4 cm³/mol. The van der Waals surface area contributed by atoms with Crippen LogP contribution in [0.5, 0.6) is 0 Å². The molecule has 0 unspecified atom stereocenters. The number of carbonyl (C=O) groups is 1. The Morgan fingerprint density at radius 1 is 1.44 bits per heavy atom. The molecule has 0 aliphatic rings. The summed E-state index contributed by atoms with van der Waals surface area (Å²) in [5.74, 6) is -1.35. The molecule has 1 aromatic carbocycles. The Hall–Kier alpha value is -1.88. The Morgan fingerprint density at radius 3 is 2.69 bits per heavy atom. The van der Waals surface area contributed by atoms with Crippen LogP contribution in [-0.2, 0) is 0 Å². The first kappa shape index (κ1) is 10.6. The zero-order chi connectivity index (χ0) is 11.7. The molecule has 0 radical (unpaired) electrons. The van der Waals surface area contributed by atoms with Gasteiger partial charge in [0.25, 0.3) is 0 Å². The van der Waals surface area contributed by atoms with Crippen molar-refractivity contribution >= 4 is 17.6 Å². The number of carbonyl (C=O) groups excluding carboxylic acids is 1. The number of aromatic carboxylic acids is 1. The van der Waals surface area contributed by atoms with Gasteiger partial charge in [0.2, 0.25) is 0 Å². The fraction of sp³-hybridized carbons (Fsp3) is 0.100. The molecule has 0 aliphatic carbocycles. The van der Waals surface area contributed by atoms with Gasteiger partial charge in [0, 0.05) is 0 Å². The summed E-state index contributed by atoms with van der Waals surface area (Å²) >= 11 is 5.97. The molecule has 0 N–H and O–H groups in total. The number of carboxylic acid groups (broad SMARTS) is 1. The maximum Gasteiger partial charge on any atom is 0.131 e. The van der Waals surface area contributed by atoms with E-state index in [1.54, 1.807) is 31.2 Å². The second kappa shape index (κ2) is 3.94. The number of hydrogen-bond donors (Lipinski definition) is 0. The number of aromatic nitrogens is 3. The number of para-hydroxylation sites is 1. The lowest BCUT2D eigenvalue weighted by Crippen LogP contribution is -2.23. The van der Waals surface area contributed by atoms with Crippen molar-refractivity contribution in [1.29, 1.82) is 0 Å². The van der Waals surface area contributed by atoms with Crippen LogP contribution in [0.4, 0.5) is 0 Å². The summed E-state index contributed by atoms with van der Waals surface area (Å²) < 4.78 is 1.37. The van der Waals surface area contributed by atoms with E-state index in [0.29, 0.717) is 16.4 Å². The van der Waals surface area contributed by atoms with Gasteiger partial charge in [0.05, 0.1) is 22.4 Å². The van der Waals surface area contributed by atoms with Crippen molar-refractivity contribution in [1.82, 2.24) is 15.0 Å². The molecule has 0 aliphatic heterocycles.